The number of hydrogen-bond donors (Lipinski definition) is 0. The molecule has 4 rings (SSSR count). The summed E-state index contributed by atoms with van der Waals surface area (Å²) in [5.41, 5.74) is 5.22. The number of anilines is 1. The highest BCUT2D eigenvalue weighted by atomic mass is 32.2. The van der Waals surface area contributed by atoms with Gasteiger partial charge in [0.05, 0.1) is 5.69 Å². The van der Waals surface area contributed by atoms with Gasteiger partial charge < -0.3 is 4.74 Å². The number of fused-ring (bicyclic) bond motifs is 3. The number of carbonyl (C=O) groups excluding carboxylic acids is 1. The Bertz CT molecular complexity index is 1180. The summed E-state index contributed by atoms with van der Waals surface area (Å²) < 4.78 is 6.55. The number of carbonyl (C=O) groups is 1. The van der Waals surface area contributed by atoms with Crippen LogP contribution in [0.15, 0.2) is 47.6 Å². The van der Waals surface area contributed by atoms with Crippen LogP contribution in [0.4, 0.5) is 5.69 Å². The molecule has 0 saturated carbocycles. The van der Waals surface area contributed by atoms with E-state index in [0.717, 1.165) is 46.5 Å². The van der Waals surface area contributed by atoms with Crippen LogP contribution >= 0.6 is 11.8 Å². The largest absolute Gasteiger partial charge is 0.447 e. The van der Waals surface area contributed by atoms with Crippen LogP contribution in [0.3, 0.4) is 0 Å². The van der Waals surface area contributed by atoms with Gasteiger partial charge in [0.1, 0.15) is 0 Å². The smallest absolute Gasteiger partial charge is 0.247 e. The number of hydrogen-bond acceptors (Lipinski definition) is 6. The van der Waals surface area contributed by atoms with Crippen LogP contribution in [-0.4, -0.2) is 26.8 Å². The number of amides is 1. The molecule has 0 radical (unpaired) electrons. The Hall–Kier alpha value is -2.93. The molecule has 34 heavy (non-hydrogen) atoms. The number of rotatable bonds is 7. The maximum atomic E-state index is 13.5. The van der Waals surface area contributed by atoms with Gasteiger partial charge >= 0.3 is 0 Å². The van der Waals surface area contributed by atoms with E-state index >= 15 is 0 Å². The minimum Gasteiger partial charge on any atom is -0.447 e. The van der Waals surface area contributed by atoms with Crippen LogP contribution in [0.2, 0.25) is 0 Å². The van der Waals surface area contributed by atoms with Crippen molar-refractivity contribution in [1.29, 1.82) is 0 Å². The molecular formula is C27H32N4O2S. The van der Waals surface area contributed by atoms with E-state index in [2.05, 4.69) is 30.1 Å². The SMILES string of the molecule is CCCC(=O)N1c2ccc(C)cc2-c2nnc(SCCC(C)C)nc2O[C@H]1c1cccc(C)c1. The summed E-state index contributed by atoms with van der Waals surface area (Å²) in [5.74, 6) is 1.94. The van der Waals surface area contributed by atoms with E-state index < -0.39 is 6.23 Å². The molecule has 1 aliphatic heterocycles. The van der Waals surface area contributed by atoms with Gasteiger partial charge in [-0.15, -0.1) is 10.2 Å². The molecule has 0 saturated heterocycles. The Balaban J connectivity index is 1.86. The van der Waals surface area contributed by atoms with Gasteiger partial charge in [0.2, 0.25) is 23.2 Å². The molecule has 1 aliphatic rings. The lowest BCUT2D eigenvalue weighted by atomic mass is 10.0. The minimum atomic E-state index is -0.646. The normalized spacial score (nSPS) is 14.9. The molecule has 0 spiro atoms. The number of benzene rings is 2. The number of aryl methyl sites for hydroxylation is 2. The van der Waals surface area contributed by atoms with Gasteiger partial charge in [0, 0.05) is 23.3 Å². The molecule has 0 unspecified atom stereocenters. The van der Waals surface area contributed by atoms with Crippen molar-refractivity contribution in [3.8, 4) is 17.1 Å². The van der Waals surface area contributed by atoms with Crippen LogP contribution in [-0.2, 0) is 4.79 Å². The predicted octanol–water partition coefficient (Wildman–Crippen LogP) is 6.52. The number of thioether (sulfide) groups is 1. The lowest BCUT2D eigenvalue weighted by Gasteiger charge is -2.31. The molecule has 0 N–H and O–H groups in total. The van der Waals surface area contributed by atoms with Crippen LogP contribution in [0.5, 0.6) is 5.88 Å². The summed E-state index contributed by atoms with van der Waals surface area (Å²) in [4.78, 5) is 20.0. The zero-order valence-electron chi connectivity index (χ0n) is 20.5. The Morgan fingerprint density at radius 3 is 2.65 bits per heavy atom. The maximum Gasteiger partial charge on any atom is 0.247 e. The van der Waals surface area contributed by atoms with E-state index in [0.29, 0.717) is 29.1 Å². The van der Waals surface area contributed by atoms with Crippen LogP contribution in [0.1, 0.15) is 63.0 Å². The second-order valence-electron chi connectivity index (χ2n) is 9.20. The van der Waals surface area contributed by atoms with Gasteiger partial charge in [-0.3, -0.25) is 9.69 Å². The number of nitrogens with zero attached hydrogens (tertiary/aromatic N) is 4. The molecule has 1 aromatic heterocycles. The summed E-state index contributed by atoms with van der Waals surface area (Å²) in [6.07, 6.45) is 1.59. The van der Waals surface area contributed by atoms with Crippen molar-refractivity contribution in [2.24, 2.45) is 5.92 Å². The highest BCUT2D eigenvalue weighted by Gasteiger charge is 2.35. The van der Waals surface area contributed by atoms with Gasteiger partial charge in [-0.1, -0.05) is 74.0 Å². The topological polar surface area (TPSA) is 68.2 Å². The Morgan fingerprint density at radius 1 is 1.12 bits per heavy atom. The average molecular weight is 477 g/mol. The molecule has 2 aromatic carbocycles. The lowest BCUT2D eigenvalue weighted by Crippen LogP contribution is -2.37. The van der Waals surface area contributed by atoms with Crippen LogP contribution in [0, 0.1) is 19.8 Å². The summed E-state index contributed by atoms with van der Waals surface area (Å²) in [6.45, 7) is 10.5. The molecule has 7 heteroatoms. The van der Waals surface area contributed by atoms with Crippen molar-refractivity contribution in [2.45, 2.75) is 65.3 Å². The third kappa shape index (κ3) is 5.25. The zero-order valence-corrected chi connectivity index (χ0v) is 21.4. The first-order valence-corrected chi connectivity index (χ1v) is 12.9. The van der Waals surface area contributed by atoms with Gasteiger partial charge in [0.15, 0.2) is 5.69 Å². The van der Waals surface area contributed by atoms with E-state index in [-0.39, 0.29) is 5.91 Å². The highest BCUT2D eigenvalue weighted by molar-refractivity contribution is 7.99. The molecule has 0 bridgehead atoms. The molecule has 1 amide bonds. The number of ether oxygens (including phenoxy) is 1. The van der Waals surface area contributed by atoms with E-state index in [9.17, 15) is 4.79 Å². The Morgan fingerprint density at radius 2 is 1.91 bits per heavy atom. The first kappa shape index (κ1) is 24.2. The summed E-state index contributed by atoms with van der Waals surface area (Å²) >= 11 is 1.58. The summed E-state index contributed by atoms with van der Waals surface area (Å²) in [7, 11) is 0. The second-order valence-corrected chi connectivity index (χ2v) is 10.3. The highest BCUT2D eigenvalue weighted by Crippen LogP contribution is 2.44. The van der Waals surface area contributed by atoms with Crippen molar-refractivity contribution in [3.05, 3.63) is 59.2 Å². The van der Waals surface area contributed by atoms with E-state index in [1.54, 1.807) is 16.7 Å². The van der Waals surface area contributed by atoms with Gasteiger partial charge in [0.25, 0.3) is 0 Å². The average Bonchev–Trinajstić information content (AvgIpc) is 2.93. The van der Waals surface area contributed by atoms with Crippen molar-refractivity contribution < 1.29 is 9.53 Å². The predicted molar refractivity (Wildman–Crippen MR) is 137 cm³/mol. The van der Waals surface area contributed by atoms with E-state index in [4.69, 9.17) is 9.72 Å². The van der Waals surface area contributed by atoms with E-state index in [1.165, 1.54) is 0 Å². The molecule has 0 aliphatic carbocycles. The number of aromatic nitrogens is 3. The Kier molecular flexibility index (Phi) is 7.51. The first-order valence-electron chi connectivity index (χ1n) is 11.9. The monoisotopic (exact) mass is 476 g/mol. The molecule has 1 atom stereocenters. The third-order valence-electron chi connectivity index (χ3n) is 5.75. The second kappa shape index (κ2) is 10.6. The Labute approximate surface area is 206 Å². The lowest BCUT2D eigenvalue weighted by molar-refractivity contribution is -0.120. The van der Waals surface area contributed by atoms with Crippen molar-refractivity contribution in [3.63, 3.8) is 0 Å². The fraction of sp³-hybridized carbons (Fsp3) is 0.407. The minimum absolute atomic E-state index is 0.00593. The standard InChI is InChI=1S/C27H32N4O2S/c1-6-8-23(32)31-22-12-11-19(5)16-21(22)24-25(28-27(30-29-24)34-14-13-17(2)3)33-26(31)20-10-7-9-18(4)15-20/h7,9-12,15-17,26H,6,8,13-14H2,1-5H3/t26-/m0/s1. The maximum absolute atomic E-state index is 13.5. The quantitative estimate of drug-likeness (QED) is 0.362. The molecule has 178 valence electrons. The molecule has 0 fully saturated rings. The van der Waals surface area contributed by atoms with Crippen molar-refractivity contribution in [2.75, 3.05) is 10.7 Å². The molecular weight excluding hydrogens is 444 g/mol. The third-order valence-corrected chi connectivity index (χ3v) is 6.62. The molecule has 6 nitrogen and oxygen atoms in total. The summed E-state index contributed by atoms with van der Waals surface area (Å²) in [6, 6.07) is 14.1. The van der Waals surface area contributed by atoms with Crippen LogP contribution in [0.25, 0.3) is 11.3 Å². The fourth-order valence-corrected chi connectivity index (χ4v) is 4.99. The summed E-state index contributed by atoms with van der Waals surface area (Å²) in [5, 5.41) is 9.53. The molecule has 3 aromatic rings. The van der Waals surface area contributed by atoms with Gasteiger partial charge in [-0.25, -0.2) is 0 Å². The van der Waals surface area contributed by atoms with Crippen molar-refractivity contribution in [1.82, 2.24) is 15.2 Å². The van der Waals surface area contributed by atoms with Crippen LogP contribution < -0.4 is 9.64 Å². The van der Waals surface area contributed by atoms with Gasteiger partial charge in [-0.05, 0) is 44.7 Å². The van der Waals surface area contributed by atoms with Crippen molar-refractivity contribution >= 4 is 23.4 Å². The van der Waals surface area contributed by atoms with E-state index in [1.807, 2.05) is 57.2 Å². The first-order chi connectivity index (χ1) is 16.4. The molecule has 2 heterocycles. The fourth-order valence-electron chi connectivity index (χ4n) is 3.97. The zero-order chi connectivity index (χ0) is 24.2. The van der Waals surface area contributed by atoms with Gasteiger partial charge in [-0.2, -0.15) is 4.98 Å².